The van der Waals surface area contributed by atoms with Gasteiger partial charge in [-0.1, -0.05) is 30.8 Å². The van der Waals surface area contributed by atoms with Crippen molar-refractivity contribution in [1.82, 2.24) is 24.8 Å². The second-order valence-electron chi connectivity index (χ2n) is 8.12. The maximum atomic E-state index is 12.9. The molecule has 4 aromatic rings. The Bertz CT molecular complexity index is 1360. The molecule has 8 nitrogen and oxygen atoms in total. The van der Waals surface area contributed by atoms with Crippen molar-refractivity contribution in [1.29, 1.82) is 0 Å². The van der Waals surface area contributed by atoms with Gasteiger partial charge >= 0.3 is 0 Å². The van der Waals surface area contributed by atoms with E-state index in [9.17, 15) is 4.79 Å². The van der Waals surface area contributed by atoms with Gasteiger partial charge in [0.2, 0.25) is 5.16 Å². The Morgan fingerprint density at radius 2 is 2.16 bits per heavy atom. The number of methoxy groups -OCH3 is 1. The number of nitrogens with zero attached hydrogens (tertiary/aromatic N) is 4. The molecule has 0 spiro atoms. The summed E-state index contributed by atoms with van der Waals surface area (Å²) in [6.45, 7) is 4.24. The number of nitrogens with two attached hydrogens (primary N) is 1. The molecule has 3 aromatic heterocycles. The normalized spacial score (nSPS) is 16.8. The molecule has 5 rings (SSSR count). The molecule has 166 valence electrons. The highest BCUT2D eigenvalue weighted by Gasteiger charge is 2.25. The number of para-hydroxylation sites is 1. The fourth-order valence-corrected chi connectivity index (χ4v) is 6.36. The highest BCUT2D eigenvalue weighted by atomic mass is 32.2. The molecule has 0 saturated heterocycles. The Kier molecular flexibility index (Phi) is 5.42. The van der Waals surface area contributed by atoms with E-state index in [0.29, 0.717) is 28.5 Å². The van der Waals surface area contributed by atoms with E-state index >= 15 is 0 Å². The number of nitrogens with one attached hydrogen (secondary N) is 1. The van der Waals surface area contributed by atoms with Crippen LogP contribution in [0.25, 0.3) is 21.6 Å². The number of rotatable bonds is 5. The van der Waals surface area contributed by atoms with Crippen molar-refractivity contribution in [3.63, 3.8) is 0 Å². The van der Waals surface area contributed by atoms with Crippen LogP contribution in [-0.4, -0.2) is 32.0 Å². The van der Waals surface area contributed by atoms with Gasteiger partial charge in [-0.2, -0.15) is 0 Å². The lowest BCUT2D eigenvalue weighted by Crippen LogP contribution is -2.16. The van der Waals surface area contributed by atoms with E-state index in [1.54, 1.807) is 18.4 Å². The molecule has 2 atom stereocenters. The summed E-state index contributed by atoms with van der Waals surface area (Å²) in [6, 6.07) is 7.52. The molecular weight excluding hydrogens is 444 g/mol. The lowest BCUT2D eigenvalue weighted by atomic mass is 9.89. The predicted octanol–water partition coefficient (Wildman–Crippen LogP) is 3.94. The van der Waals surface area contributed by atoms with Crippen LogP contribution >= 0.6 is 23.1 Å². The van der Waals surface area contributed by atoms with Gasteiger partial charge in [0.25, 0.3) is 5.56 Å². The van der Waals surface area contributed by atoms with Gasteiger partial charge in [-0.3, -0.25) is 4.79 Å². The minimum absolute atomic E-state index is 0.0616. The van der Waals surface area contributed by atoms with Crippen molar-refractivity contribution in [3.05, 3.63) is 50.9 Å². The summed E-state index contributed by atoms with van der Waals surface area (Å²) in [5, 5.41) is 9.64. The van der Waals surface area contributed by atoms with Crippen molar-refractivity contribution >= 4 is 33.3 Å². The maximum Gasteiger partial charge on any atom is 0.259 e. The molecule has 1 aromatic carbocycles. The maximum absolute atomic E-state index is 12.9. The average Bonchev–Trinajstić information content (AvgIpc) is 3.33. The minimum Gasteiger partial charge on any atom is -0.496 e. The van der Waals surface area contributed by atoms with Crippen LogP contribution in [0.4, 0.5) is 0 Å². The number of thiophene rings is 1. The van der Waals surface area contributed by atoms with Gasteiger partial charge < -0.3 is 15.6 Å². The van der Waals surface area contributed by atoms with E-state index in [-0.39, 0.29) is 10.8 Å². The second kappa shape index (κ2) is 8.25. The van der Waals surface area contributed by atoms with E-state index in [2.05, 4.69) is 22.1 Å². The Balaban J connectivity index is 1.45. The molecule has 1 aliphatic carbocycles. The van der Waals surface area contributed by atoms with Crippen LogP contribution in [0.3, 0.4) is 0 Å². The SMILES string of the molecule is COc1ccccc1-c1nnc(SC(C)c2nc3sc4c(c3c(=O)[nH]2)CCC(C)C4)n1N. The third kappa shape index (κ3) is 3.57. The zero-order chi connectivity index (χ0) is 22.4. The fourth-order valence-electron chi connectivity index (χ4n) is 4.14. The lowest BCUT2D eigenvalue weighted by molar-refractivity contribution is 0.416. The number of H-pyrrole nitrogens is 1. The van der Waals surface area contributed by atoms with Crippen molar-refractivity contribution in [2.24, 2.45) is 5.92 Å². The molecule has 0 bridgehead atoms. The minimum atomic E-state index is -0.165. The number of benzene rings is 1. The van der Waals surface area contributed by atoms with E-state index in [0.717, 1.165) is 35.0 Å². The molecule has 10 heteroatoms. The molecule has 2 unspecified atom stereocenters. The van der Waals surface area contributed by atoms with Gasteiger partial charge in [0.1, 0.15) is 16.4 Å². The molecule has 0 aliphatic heterocycles. The number of hydrogen-bond donors (Lipinski definition) is 2. The molecular formula is C22H24N6O2S2. The predicted molar refractivity (Wildman–Crippen MR) is 128 cm³/mol. The average molecular weight is 469 g/mol. The summed E-state index contributed by atoms with van der Waals surface area (Å²) in [7, 11) is 1.61. The number of aryl methyl sites for hydroxylation is 1. The number of thioether (sulfide) groups is 1. The summed E-state index contributed by atoms with van der Waals surface area (Å²) < 4.78 is 6.86. The Hall–Kier alpha value is -2.85. The van der Waals surface area contributed by atoms with Crippen molar-refractivity contribution < 1.29 is 4.74 Å². The first-order valence-corrected chi connectivity index (χ1v) is 12.2. The van der Waals surface area contributed by atoms with Gasteiger partial charge in [0.05, 0.1) is 23.3 Å². The molecule has 3 heterocycles. The number of hydrogen-bond acceptors (Lipinski definition) is 8. The Morgan fingerprint density at radius 1 is 1.34 bits per heavy atom. The van der Waals surface area contributed by atoms with Crippen LogP contribution in [0.1, 0.15) is 41.8 Å². The van der Waals surface area contributed by atoms with Crippen LogP contribution < -0.4 is 16.1 Å². The molecule has 0 amide bonds. The monoisotopic (exact) mass is 468 g/mol. The molecule has 32 heavy (non-hydrogen) atoms. The molecule has 0 fully saturated rings. The third-order valence-electron chi connectivity index (χ3n) is 5.86. The summed E-state index contributed by atoms with van der Waals surface area (Å²) in [5.41, 5.74) is 1.89. The molecule has 0 saturated carbocycles. The zero-order valence-electron chi connectivity index (χ0n) is 18.1. The van der Waals surface area contributed by atoms with Gasteiger partial charge in [-0.05, 0) is 49.8 Å². The topological polar surface area (TPSA) is 112 Å². The largest absolute Gasteiger partial charge is 0.496 e. The smallest absolute Gasteiger partial charge is 0.259 e. The van der Waals surface area contributed by atoms with Crippen LogP contribution in [0.15, 0.2) is 34.2 Å². The van der Waals surface area contributed by atoms with Crippen molar-refractivity contribution in [2.45, 2.75) is 43.5 Å². The van der Waals surface area contributed by atoms with E-state index in [4.69, 9.17) is 15.6 Å². The van der Waals surface area contributed by atoms with Crippen LogP contribution in [0.5, 0.6) is 5.75 Å². The second-order valence-corrected chi connectivity index (χ2v) is 10.5. The standard InChI is InChI=1S/C22H24N6O2S2/c1-11-8-9-14-16(10-11)32-21-17(14)20(29)24-18(25-21)12(2)31-22-27-26-19(28(22)23)13-6-4-5-7-15(13)30-3/h4-7,11-12H,8-10,23H2,1-3H3,(H,24,25,29). The first-order chi connectivity index (χ1) is 15.5. The summed E-state index contributed by atoms with van der Waals surface area (Å²) in [6.07, 6.45) is 3.09. The van der Waals surface area contributed by atoms with E-state index in [1.165, 1.54) is 26.9 Å². The molecule has 0 radical (unpaired) electrons. The third-order valence-corrected chi connectivity index (χ3v) is 8.08. The number of aromatic nitrogens is 5. The number of ether oxygens (including phenoxy) is 1. The van der Waals surface area contributed by atoms with E-state index in [1.807, 2.05) is 31.2 Å². The summed E-state index contributed by atoms with van der Waals surface area (Å²) in [4.78, 5) is 22.9. The Labute approximate surface area is 193 Å². The highest BCUT2D eigenvalue weighted by molar-refractivity contribution is 7.99. The summed E-state index contributed by atoms with van der Waals surface area (Å²) >= 11 is 3.05. The van der Waals surface area contributed by atoms with Crippen LogP contribution in [0, 0.1) is 5.92 Å². The first-order valence-electron chi connectivity index (χ1n) is 10.5. The fraction of sp³-hybridized carbons (Fsp3) is 0.364. The van der Waals surface area contributed by atoms with Gasteiger partial charge in [-0.25, -0.2) is 9.66 Å². The number of aromatic amines is 1. The van der Waals surface area contributed by atoms with Gasteiger partial charge in [0.15, 0.2) is 5.82 Å². The Morgan fingerprint density at radius 3 is 2.97 bits per heavy atom. The van der Waals surface area contributed by atoms with Gasteiger partial charge in [-0.15, -0.1) is 21.5 Å². The molecule has 1 aliphatic rings. The first kappa shape index (κ1) is 21.0. The van der Waals surface area contributed by atoms with Gasteiger partial charge in [0, 0.05) is 4.88 Å². The quantitative estimate of drug-likeness (QED) is 0.337. The van der Waals surface area contributed by atoms with Crippen molar-refractivity contribution in [2.75, 3.05) is 13.0 Å². The summed E-state index contributed by atoms with van der Waals surface area (Å²) in [5.74, 6) is 8.75. The van der Waals surface area contributed by atoms with E-state index < -0.39 is 0 Å². The van der Waals surface area contributed by atoms with Crippen molar-refractivity contribution in [3.8, 4) is 17.1 Å². The van der Waals surface area contributed by atoms with Crippen LogP contribution in [-0.2, 0) is 12.8 Å². The highest BCUT2D eigenvalue weighted by Crippen LogP contribution is 2.38. The number of fused-ring (bicyclic) bond motifs is 3. The van der Waals surface area contributed by atoms with Crippen LogP contribution in [0.2, 0.25) is 0 Å². The lowest BCUT2D eigenvalue weighted by Gasteiger charge is -2.17. The molecule has 3 N–H and O–H groups in total. The zero-order valence-corrected chi connectivity index (χ0v) is 19.7. The number of nitrogen functional groups attached to an aromatic ring is 1.